The third-order valence-electron chi connectivity index (χ3n) is 3.38. The van der Waals surface area contributed by atoms with Gasteiger partial charge in [-0.3, -0.25) is 0 Å². The highest BCUT2D eigenvalue weighted by Gasteiger charge is 2.37. The molecule has 0 radical (unpaired) electrons. The Morgan fingerprint density at radius 1 is 1.43 bits per heavy atom. The first kappa shape index (κ1) is 17.1. The van der Waals surface area contributed by atoms with Gasteiger partial charge in [-0.2, -0.15) is 5.26 Å². The van der Waals surface area contributed by atoms with Crippen LogP contribution < -0.4 is 5.73 Å². The van der Waals surface area contributed by atoms with Gasteiger partial charge in [-0.1, -0.05) is 34.1 Å². The van der Waals surface area contributed by atoms with Gasteiger partial charge in [0, 0.05) is 4.47 Å². The standard InChI is InChI=1S/C17H17BrN2O3/c1-9(2)22-17(21)14-10(3)23-16(20)12(8-19)15(14)11-6-4-5-7-13(11)18/h4-7,9,15H,20H2,1-3H3. The summed E-state index contributed by atoms with van der Waals surface area (Å²) in [7, 11) is 0. The number of esters is 1. The van der Waals surface area contributed by atoms with Crippen LogP contribution >= 0.6 is 15.9 Å². The van der Waals surface area contributed by atoms with E-state index in [-0.39, 0.29) is 23.1 Å². The fourth-order valence-electron chi connectivity index (χ4n) is 2.44. The Morgan fingerprint density at radius 2 is 2.09 bits per heavy atom. The molecule has 5 nitrogen and oxygen atoms in total. The smallest absolute Gasteiger partial charge is 0.338 e. The number of hydrogen-bond acceptors (Lipinski definition) is 5. The number of nitrogens with two attached hydrogens (primary N) is 1. The molecule has 1 aromatic rings. The van der Waals surface area contributed by atoms with Crippen LogP contribution in [0.2, 0.25) is 0 Å². The molecule has 0 saturated carbocycles. The maximum atomic E-state index is 12.5. The molecule has 1 atom stereocenters. The lowest BCUT2D eigenvalue weighted by Gasteiger charge is -2.28. The number of benzene rings is 1. The summed E-state index contributed by atoms with van der Waals surface area (Å²) in [5.41, 5.74) is 7.09. The van der Waals surface area contributed by atoms with Crippen LogP contribution in [0.4, 0.5) is 0 Å². The first-order valence-corrected chi connectivity index (χ1v) is 7.89. The average Bonchev–Trinajstić information content (AvgIpc) is 2.46. The van der Waals surface area contributed by atoms with Crippen molar-refractivity contribution in [1.29, 1.82) is 5.26 Å². The van der Waals surface area contributed by atoms with E-state index in [4.69, 9.17) is 15.2 Å². The van der Waals surface area contributed by atoms with Crippen molar-refractivity contribution >= 4 is 21.9 Å². The van der Waals surface area contributed by atoms with Gasteiger partial charge in [0.1, 0.15) is 17.4 Å². The summed E-state index contributed by atoms with van der Waals surface area (Å²) < 4.78 is 11.5. The van der Waals surface area contributed by atoms with Gasteiger partial charge in [0.25, 0.3) is 0 Å². The molecule has 1 aliphatic rings. The average molecular weight is 377 g/mol. The van der Waals surface area contributed by atoms with Gasteiger partial charge in [-0.25, -0.2) is 4.79 Å². The van der Waals surface area contributed by atoms with Crippen molar-refractivity contribution < 1.29 is 14.3 Å². The van der Waals surface area contributed by atoms with E-state index in [0.717, 1.165) is 10.0 Å². The topological polar surface area (TPSA) is 85.3 Å². The molecule has 23 heavy (non-hydrogen) atoms. The highest BCUT2D eigenvalue weighted by molar-refractivity contribution is 9.10. The second kappa shape index (κ2) is 6.88. The fourth-order valence-corrected chi connectivity index (χ4v) is 2.96. The highest BCUT2D eigenvalue weighted by atomic mass is 79.9. The Morgan fingerprint density at radius 3 is 2.65 bits per heavy atom. The molecule has 0 bridgehead atoms. The summed E-state index contributed by atoms with van der Waals surface area (Å²) in [6, 6.07) is 9.42. The molecule has 120 valence electrons. The molecular weight excluding hydrogens is 360 g/mol. The van der Waals surface area contributed by atoms with Gasteiger partial charge in [-0.05, 0) is 32.4 Å². The molecule has 1 heterocycles. The molecule has 1 aliphatic heterocycles. The summed E-state index contributed by atoms with van der Waals surface area (Å²) in [6.07, 6.45) is -0.281. The first-order chi connectivity index (χ1) is 10.9. The Bertz CT molecular complexity index is 744. The van der Waals surface area contributed by atoms with Gasteiger partial charge in [0.2, 0.25) is 5.88 Å². The van der Waals surface area contributed by atoms with Gasteiger partial charge in [0.15, 0.2) is 0 Å². The van der Waals surface area contributed by atoms with E-state index in [2.05, 4.69) is 22.0 Å². The first-order valence-electron chi connectivity index (χ1n) is 7.10. The molecule has 2 rings (SSSR count). The number of halogens is 1. The lowest BCUT2D eigenvalue weighted by atomic mass is 9.83. The second-order valence-electron chi connectivity index (χ2n) is 5.37. The van der Waals surface area contributed by atoms with E-state index in [1.54, 1.807) is 20.8 Å². The van der Waals surface area contributed by atoms with E-state index >= 15 is 0 Å². The van der Waals surface area contributed by atoms with Crippen LogP contribution in [0.25, 0.3) is 0 Å². The minimum Gasteiger partial charge on any atom is -0.459 e. The highest BCUT2D eigenvalue weighted by Crippen LogP contribution is 2.42. The molecule has 0 fully saturated rings. The monoisotopic (exact) mass is 376 g/mol. The zero-order chi connectivity index (χ0) is 17.1. The Balaban J connectivity index is 2.63. The Labute approximate surface area is 143 Å². The molecule has 0 aromatic heterocycles. The van der Waals surface area contributed by atoms with E-state index in [9.17, 15) is 10.1 Å². The van der Waals surface area contributed by atoms with Crippen molar-refractivity contribution in [3.05, 3.63) is 57.1 Å². The van der Waals surface area contributed by atoms with Crippen molar-refractivity contribution in [2.24, 2.45) is 5.73 Å². The number of allylic oxidation sites excluding steroid dienone is 2. The quantitative estimate of drug-likeness (QED) is 0.816. The Hall–Kier alpha value is -2.26. The normalized spacial score (nSPS) is 17.8. The minimum absolute atomic E-state index is 0.00634. The van der Waals surface area contributed by atoms with Crippen LogP contribution in [0, 0.1) is 11.3 Å². The van der Waals surface area contributed by atoms with Crippen LogP contribution in [0.1, 0.15) is 32.3 Å². The molecule has 2 N–H and O–H groups in total. The van der Waals surface area contributed by atoms with E-state index < -0.39 is 11.9 Å². The Kier molecular flexibility index (Phi) is 5.12. The van der Waals surface area contributed by atoms with Crippen molar-refractivity contribution in [3.63, 3.8) is 0 Å². The maximum absolute atomic E-state index is 12.5. The summed E-state index contributed by atoms with van der Waals surface area (Å²) in [4.78, 5) is 12.5. The fraction of sp³-hybridized carbons (Fsp3) is 0.294. The van der Waals surface area contributed by atoms with Gasteiger partial charge in [-0.15, -0.1) is 0 Å². The molecule has 0 amide bonds. The number of nitrogens with zero attached hydrogens (tertiary/aromatic N) is 1. The molecular formula is C17H17BrN2O3. The van der Waals surface area contributed by atoms with Gasteiger partial charge >= 0.3 is 5.97 Å². The van der Waals surface area contributed by atoms with Crippen LogP contribution in [-0.4, -0.2) is 12.1 Å². The SMILES string of the molecule is CC1=C(C(=O)OC(C)C)C(c2ccccc2Br)C(C#N)=C(N)O1. The van der Waals surface area contributed by atoms with E-state index in [1.165, 1.54) is 0 Å². The second-order valence-corrected chi connectivity index (χ2v) is 6.22. The summed E-state index contributed by atoms with van der Waals surface area (Å²) in [6.45, 7) is 5.17. The summed E-state index contributed by atoms with van der Waals surface area (Å²) >= 11 is 3.47. The third-order valence-corrected chi connectivity index (χ3v) is 4.11. The number of carbonyl (C=O) groups excluding carboxylic acids is 1. The number of ether oxygens (including phenoxy) is 2. The number of nitriles is 1. The van der Waals surface area contributed by atoms with Crippen molar-refractivity contribution in [2.45, 2.75) is 32.8 Å². The summed E-state index contributed by atoms with van der Waals surface area (Å²) in [5.74, 6) is -0.797. The number of hydrogen-bond donors (Lipinski definition) is 1. The van der Waals surface area contributed by atoms with Crippen molar-refractivity contribution in [1.82, 2.24) is 0 Å². The number of rotatable bonds is 3. The molecule has 1 unspecified atom stereocenters. The molecule has 0 saturated heterocycles. The zero-order valence-corrected chi connectivity index (χ0v) is 14.7. The van der Waals surface area contributed by atoms with E-state index in [0.29, 0.717) is 5.76 Å². The largest absolute Gasteiger partial charge is 0.459 e. The lowest BCUT2D eigenvalue weighted by Crippen LogP contribution is -2.27. The molecule has 0 spiro atoms. The van der Waals surface area contributed by atoms with Crippen molar-refractivity contribution in [3.8, 4) is 6.07 Å². The zero-order valence-electron chi connectivity index (χ0n) is 13.1. The van der Waals surface area contributed by atoms with Crippen LogP contribution in [0.3, 0.4) is 0 Å². The van der Waals surface area contributed by atoms with Crippen LogP contribution in [-0.2, 0) is 14.3 Å². The predicted molar refractivity (Wildman–Crippen MR) is 88.7 cm³/mol. The third kappa shape index (κ3) is 3.40. The van der Waals surface area contributed by atoms with Gasteiger partial charge < -0.3 is 15.2 Å². The maximum Gasteiger partial charge on any atom is 0.338 e. The predicted octanol–water partition coefficient (Wildman–Crippen LogP) is 3.48. The van der Waals surface area contributed by atoms with Crippen LogP contribution in [0.15, 0.2) is 51.5 Å². The molecule has 1 aromatic carbocycles. The lowest BCUT2D eigenvalue weighted by molar-refractivity contribution is -0.143. The van der Waals surface area contributed by atoms with Crippen LogP contribution in [0.5, 0.6) is 0 Å². The van der Waals surface area contributed by atoms with Crippen molar-refractivity contribution in [2.75, 3.05) is 0 Å². The summed E-state index contributed by atoms with van der Waals surface area (Å²) in [5, 5.41) is 9.49. The minimum atomic E-state index is -0.629. The molecule has 6 heteroatoms. The van der Waals surface area contributed by atoms with Gasteiger partial charge in [0.05, 0.1) is 17.6 Å². The number of carbonyl (C=O) groups is 1. The van der Waals surface area contributed by atoms with E-state index in [1.807, 2.05) is 24.3 Å². The molecule has 0 aliphatic carbocycles.